The molecule has 1 aliphatic rings. The minimum atomic E-state index is -0.128. The number of benzene rings is 1. The molecule has 0 aliphatic heterocycles. The number of aromatic hydroxyl groups is 1. The van der Waals surface area contributed by atoms with Gasteiger partial charge in [0.15, 0.2) is 0 Å². The molecule has 0 bridgehead atoms. The van der Waals surface area contributed by atoms with Crippen LogP contribution in [0.15, 0.2) is 24.3 Å². The smallest absolute Gasteiger partial charge is 0.119 e. The second-order valence-corrected chi connectivity index (χ2v) is 4.06. The van der Waals surface area contributed by atoms with Crippen LogP contribution < -0.4 is 0 Å². The maximum absolute atomic E-state index is 9.67. The minimum absolute atomic E-state index is 0.128. The van der Waals surface area contributed by atoms with Crippen LogP contribution in [0, 0.1) is 0 Å². The van der Waals surface area contributed by atoms with E-state index in [1.807, 2.05) is 18.2 Å². The summed E-state index contributed by atoms with van der Waals surface area (Å²) in [6, 6.07) is 7.52. The Morgan fingerprint density at radius 1 is 1.00 bits per heavy atom. The van der Waals surface area contributed by atoms with Crippen molar-refractivity contribution in [2.24, 2.45) is 0 Å². The van der Waals surface area contributed by atoms with Crippen molar-refractivity contribution < 1.29 is 10.2 Å². The first kappa shape index (κ1) is 9.53. The van der Waals surface area contributed by atoms with E-state index >= 15 is 0 Å². The van der Waals surface area contributed by atoms with E-state index in [0.717, 1.165) is 31.2 Å². The monoisotopic (exact) mass is 192 g/mol. The molecule has 1 fully saturated rings. The Labute approximate surface area is 84.2 Å². The van der Waals surface area contributed by atoms with Crippen molar-refractivity contribution in [3.8, 4) is 5.75 Å². The first-order chi connectivity index (χ1) is 6.77. The first-order valence-electron chi connectivity index (χ1n) is 5.23. The molecule has 2 heteroatoms. The lowest BCUT2D eigenvalue weighted by Crippen LogP contribution is -2.16. The number of aliphatic hydroxyl groups excluding tert-OH is 1. The van der Waals surface area contributed by atoms with Crippen molar-refractivity contribution in [2.75, 3.05) is 0 Å². The molecule has 1 aliphatic carbocycles. The van der Waals surface area contributed by atoms with E-state index in [9.17, 15) is 10.2 Å². The van der Waals surface area contributed by atoms with Crippen LogP contribution in [-0.4, -0.2) is 16.3 Å². The zero-order chi connectivity index (χ0) is 9.97. The van der Waals surface area contributed by atoms with Crippen LogP contribution >= 0.6 is 0 Å². The van der Waals surface area contributed by atoms with Gasteiger partial charge in [0, 0.05) is 0 Å². The molecule has 1 aromatic carbocycles. The zero-order valence-corrected chi connectivity index (χ0v) is 8.19. The third-order valence-corrected chi connectivity index (χ3v) is 3.07. The normalized spacial score (nSPS) is 27.5. The summed E-state index contributed by atoms with van der Waals surface area (Å²) in [5.41, 5.74) is 1.04. The Bertz CT molecular complexity index is 301. The summed E-state index contributed by atoms with van der Waals surface area (Å²) >= 11 is 0. The summed E-state index contributed by atoms with van der Waals surface area (Å²) < 4.78 is 0. The molecule has 0 unspecified atom stereocenters. The molecule has 0 atom stereocenters. The molecule has 2 N–H and O–H groups in total. The molecule has 0 spiro atoms. The number of phenolic OH excluding ortho intramolecular Hbond substituents is 1. The lowest BCUT2D eigenvalue weighted by Gasteiger charge is -2.26. The van der Waals surface area contributed by atoms with Crippen LogP contribution in [-0.2, 0) is 0 Å². The number of aliphatic hydroxyl groups is 1. The molecule has 2 nitrogen and oxygen atoms in total. The van der Waals surface area contributed by atoms with Crippen LogP contribution in [0.3, 0.4) is 0 Å². The number of phenols is 1. The molecule has 1 aromatic rings. The second kappa shape index (κ2) is 4.01. The molecule has 76 valence electrons. The average Bonchev–Trinajstić information content (AvgIpc) is 2.20. The van der Waals surface area contributed by atoms with Crippen LogP contribution in [0.2, 0.25) is 0 Å². The molecule has 1 saturated carbocycles. The fourth-order valence-corrected chi connectivity index (χ4v) is 2.22. The molecule has 0 radical (unpaired) electrons. The summed E-state index contributed by atoms with van der Waals surface area (Å²) in [4.78, 5) is 0. The van der Waals surface area contributed by atoms with Crippen molar-refractivity contribution in [1.82, 2.24) is 0 Å². The second-order valence-electron chi connectivity index (χ2n) is 4.06. The molecule has 14 heavy (non-hydrogen) atoms. The molecular formula is C12H16O2. The quantitative estimate of drug-likeness (QED) is 0.717. The molecular weight excluding hydrogens is 176 g/mol. The van der Waals surface area contributed by atoms with Crippen LogP contribution in [0.1, 0.15) is 37.2 Å². The van der Waals surface area contributed by atoms with Gasteiger partial charge in [-0.3, -0.25) is 0 Å². The Morgan fingerprint density at radius 3 is 2.29 bits per heavy atom. The highest BCUT2D eigenvalue weighted by Gasteiger charge is 2.22. The van der Waals surface area contributed by atoms with Gasteiger partial charge in [-0.05, 0) is 43.2 Å². The molecule has 0 saturated heterocycles. The Balaban J connectivity index is 2.12. The summed E-state index contributed by atoms with van der Waals surface area (Å²) in [5.74, 6) is 0.827. The van der Waals surface area contributed by atoms with Crippen molar-refractivity contribution in [3.05, 3.63) is 29.8 Å². The Morgan fingerprint density at radius 2 is 1.64 bits per heavy atom. The van der Waals surface area contributed by atoms with Crippen molar-refractivity contribution in [2.45, 2.75) is 37.7 Å². The minimum Gasteiger partial charge on any atom is -0.508 e. The number of rotatable bonds is 1. The van der Waals surface area contributed by atoms with Gasteiger partial charge < -0.3 is 10.2 Å². The van der Waals surface area contributed by atoms with Crippen molar-refractivity contribution in [1.29, 1.82) is 0 Å². The molecule has 0 aromatic heterocycles. The molecule has 0 heterocycles. The topological polar surface area (TPSA) is 40.5 Å². The van der Waals surface area contributed by atoms with E-state index in [0.29, 0.717) is 11.7 Å². The van der Waals surface area contributed by atoms with Crippen molar-refractivity contribution >= 4 is 0 Å². The summed E-state index contributed by atoms with van der Waals surface area (Å²) in [5, 5.41) is 19.0. The van der Waals surface area contributed by atoms with E-state index in [4.69, 9.17) is 0 Å². The average molecular weight is 192 g/mol. The Hall–Kier alpha value is -1.02. The van der Waals surface area contributed by atoms with Gasteiger partial charge in [0.05, 0.1) is 6.10 Å². The lowest BCUT2D eigenvalue weighted by atomic mass is 9.82. The van der Waals surface area contributed by atoms with E-state index in [1.54, 1.807) is 6.07 Å². The fourth-order valence-electron chi connectivity index (χ4n) is 2.22. The largest absolute Gasteiger partial charge is 0.508 e. The van der Waals surface area contributed by atoms with E-state index in [2.05, 4.69) is 0 Å². The highest BCUT2D eigenvalue weighted by molar-refractivity contribution is 5.35. The number of para-hydroxylation sites is 1. The lowest BCUT2D eigenvalue weighted by molar-refractivity contribution is 0.122. The SMILES string of the molecule is Oc1ccccc1C1CCC(O)CC1. The maximum atomic E-state index is 9.67. The van der Waals surface area contributed by atoms with E-state index in [1.165, 1.54) is 0 Å². The van der Waals surface area contributed by atoms with E-state index in [-0.39, 0.29) is 6.10 Å². The van der Waals surface area contributed by atoms with Crippen LogP contribution in [0.4, 0.5) is 0 Å². The number of hydrogen-bond donors (Lipinski definition) is 2. The summed E-state index contributed by atoms with van der Waals surface area (Å²) in [6.45, 7) is 0. The van der Waals surface area contributed by atoms with E-state index < -0.39 is 0 Å². The predicted molar refractivity (Wildman–Crippen MR) is 55.3 cm³/mol. The van der Waals surface area contributed by atoms with Crippen LogP contribution in [0.5, 0.6) is 5.75 Å². The van der Waals surface area contributed by atoms with Gasteiger partial charge >= 0.3 is 0 Å². The standard InChI is InChI=1S/C12H16O2/c13-10-7-5-9(6-8-10)11-3-1-2-4-12(11)14/h1-4,9-10,13-14H,5-8H2. The zero-order valence-electron chi connectivity index (χ0n) is 8.19. The fraction of sp³-hybridized carbons (Fsp3) is 0.500. The number of hydrogen-bond acceptors (Lipinski definition) is 2. The van der Waals surface area contributed by atoms with Gasteiger partial charge in [-0.1, -0.05) is 18.2 Å². The molecule has 0 amide bonds. The summed E-state index contributed by atoms with van der Waals surface area (Å²) in [6.07, 6.45) is 3.56. The van der Waals surface area contributed by atoms with Gasteiger partial charge in [0.1, 0.15) is 5.75 Å². The first-order valence-corrected chi connectivity index (χ1v) is 5.23. The van der Waals surface area contributed by atoms with Gasteiger partial charge in [0.25, 0.3) is 0 Å². The Kier molecular flexibility index (Phi) is 2.73. The van der Waals surface area contributed by atoms with Gasteiger partial charge in [-0.15, -0.1) is 0 Å². The van der Waals surface area contributed by atoms with Crippen molar-refractivity contribution in [3.63, 3.8) is 0 Å². The summed E-state index contributed by atoms with van der Waals surface area (Å²) in [7, 11) is 0. The predicted octanol–water partition coefficient (Wildman–Crippen LogP) is 2.41. The third-order valence-electron chi connectivity index (χ3n) is 3.07. The highest BCUT2D eigenvalue weighted by atomic mass is 16.3. The van der Waals surface area contributed by atoms with Gasteiger partial charge in [-0.25, -0.2) is 0 Å². The van der Waals surface area contributed by atoms with Crippen LogP contribution in [0.25, 0.3) is 0 Å². The third kappa shape index (κ3) is 1.90. The maximum Gasteiger partial charge on any atom is 0.119 e. The highest BCUT2D eigenvalue weighted by Crippen LogP contribution is 2.36. The van der Waals surface area contributed by atoms with Gasteiger partial charge in [-0.2, -0.15) is 0 Å². The molecule has 2 rings (SSSR count). The van der Waals surface area contributed by atoms with Gasteiger partial charge in [0.2, 0.25) is 0 Å².